The molecule has 0 saturated carbocycles. The lowest BCUT2D eigenvalue weighted by atomic mass is 10.2. The van der Waals surface area contributed by atoms with E-state index in [9.17, 15) is 19.3 Å². The number of benzene rings is 2. The molecular formula is C20H19FN4O4S. The zero-order chi connectivity index (χ0) is 21.1. The van der Waals surface area contributed by atoms with E-state index in [4.69, 9.17) is 4.74 Å². The highest BCUT2D eigenvalue weighted by atomic mass is 32.1. The van der Waals surface area contributed by atoms with Crippen molar-refractivity contribution >= 4 is 38.3 Å². The Bertz CT molecular complexity index is 1070. The molecule has 1 fully saturated rings. The molecule has 0 bridgehead atoms. The molecule has 8 nitrogen and oxygen atoms in total. The summed E-state index contributed by atoms with van der Waals surface area (Å²) >= 11 is 1.24. The molecule has 2 heterocycles. The quantitative estimate of drug-likeness (QED) is 0.440. The molecule has 1 amide bonds. The zero-order valence-corrected chi connectivity index (χ0v) is 16.8. The van der Waals surface area contributed by atoms with Crippen LogP contribution in [0.15, 0.2) is 42.5 Å². The first-order valence-corrected chi connectivity index (χ1v) is 10.3. The summed E-state index contributed by atoms with van der Waals surface area (Å²) in [6.07, 6.45) is 0. The number of rotatable bonds is 6. The second-order valence-corrected chi connectivity index (χ2v) is 7.83. The van der Waals surface area contributed by atoms with Crippen molar-refractivity contribution in [3.63, 3.8) is 0 Å². The van der Waals surface area contributed by atoms with E-state index >= 15 is 0 Å². The number of morpholine rings is 1. The smallest absolute Gasteiger partial charge is 0.269 e. The van der Waals surface area contributed by atoms with Gasteiger partial charge in [0.25, 0.3) is 11.6 Å². The SMILES string of the molecule is O=C(c1ccc([N+](=O)[O-])cc1)N(CCN1CCOCC1)c1nc2ccc(F)cc2s1. The second kappa shape index (κ2) is 8.82. The van der Waals surface area contributed by atoms with E-state index in [0.717, 1.165) is 13.1 Å². The van der Waals surface area contributed by atoms with Crippen molar-refractivity contribution < 1.29 is 18.8 Å². The number of thiazole rings is 1. The summed E-state index contributed by atoms with van der Waals surface area (Å²) in [5, 5.41) is 11.4. The average molecular weight is 430 g/mol. The van der Waals surface area contributed by atoms with Crippen molar-refractivity contribution in [1.29, 1.82) is 0 Å². The number of hydrogen-bond acceptors (Lipinski definition) is 7. The van der Waals surface area contributed by atoms with Gasteiger partial charge in [0.15, 0.2) is 5.13 Å². The number of carbonyl (C=O) groups excluding carboxylic acids is 1. The molecule has 156 valence electrons. The number of carbonyl (C=O) groups is 1. The summed E-state index contributed by atoms with van der Waals surface area (Å²) in [7, 11) is 0. The van der Waals surface area contributed by atoms with E-state index < -0.39 is 4.92 Å². The summed E-state index contributed by atoms with van der Waals surface area (Å²) in [4.78, 5) is 31.9. The van der Waals surface area contributed by atoms with Crippen LogP contribution in [0.25, 0.3) is 10.2 Å². The van der Waals surface area contributed by atoms with Crippen molar-refractivity contribution in [3.05, 3.63) is 64.0 Å². The van der Waals surface area contributed by atoms with Crippen LogP contribution >= 0.6 is 11.3 Å². The minimum absolute atomic E-state index is 0.0816. The number of amides is 1. The third kappa shape index (κ3) is 4.45. The zero-order valence-electron chi connectivity index (χ0n) is 16.0. The summed E-state index contributed by atoms with van der Waals surface area (Å²) in [5.74, 6) is -0.669. The summed E-state index contributed by atoms with van der Waals surface area (Å²) in [6.45, 7) is 3.88. The first kappa shape index (κ1) is 20.3. The Hall–Kier alpha value is -2.95. The van der Waals surface area contributed by atoms with Crippen LogP contribution in [0.2, 0.25) is 0 Å². The highest BCUT2D eigenvalue weighted by Crippen LogP contribution is 2.30. The van der Waals surface area contributed by atoms with Gasteiger partial charge in [-0.1, -0.05) is 11.3 Å². The minimum Gasteiger partial charge on any atom is -0.379 e. The van der Waals surface area contributed by atoms with E-state index in [0.29, 0.717) is 47.2 Å². The van der Waals surface area contributed by atoms with Crippen LogP contribution in [0.5, 0.6) is 0 Å². The predicted molar refractivity (Wildman–Crippen MR) is 112 cm³/mol. The van der Waals surface area contributed by atoms with Crippen LogP contribution in [0.4, 0.5) is 15.2 Å². The monoisotopic (exact) mass is 430 g/mol. The molecule has 1 aliphatic rings. The summed E-state index contributed by atoms with van der Waals surface area (Å²) in [6, 6.07) is 9.81. The Morgan fingerprint density at radius 2 is 1.97 bits per heavy atom. The third-order valence-electron chi connectivity index (χ3n) is 4.88. The van der Waals surface area contributed by atoms with Gasteiger partial charge < -0.3 is 4.74 Å². The molecule has 0 radical (unpaired) electrons. The number of non-ortho nitro benzene ring substituents is 1. The highest BCUT2D eigenvalue weighted by molar-refractivity contribution is 7.22. The molecule has 4 rings (SSSR count). The number of hydrogen-bond donors (Lipinski definition) is 0. The molecule has 2 aromatic carbocycles. The van der Waals surface area contributed by atoms with E-state index in [1.54, 1.807) is 11.0 Å². The third-order valence-corrected chi connectivity index (χ3v) is 5.93. The first-order chi connectivity index (χ1) is 14.5. The van der Waals surface area contributed by atoms with Gasteiger partial charge in [0.1, 0.15) is 5.82 Å². The van der Waals surface area contributed by atoms with Gasteiger partial charge in [0, 0.05) is 43.9 Å². The topological polar surface area (TPSA) is 88.8 Å². The number of aromatic nitrogens is 1. The summed E-state index contributed by atoms with van der Waals surface area (Å²) < 4.78 is 19.6. The van der Waals surface area contributed by atoms with Gasteiger partial charge >= 0.3 is 0 Å². The van der Waals surface area contributed by atoms with Gasteiger partial charge in [-0.05, 0) is 30.3 Å². The molecule has 3 aromatic rings. The van der Waals surface area contributed by atoms with Crippen LogP contribution in [-0.4, -0.2) is 60.1 Å². The molecule has 10 heteroatoms. The number of anilines is 1. The first-order valence-electron chi connectivity index (χ1n) is 9.44. The lowest BCUT2D eigenvalue weighted by molar-refractivity contribution is -0.384. The minimum atomic E-state index is -0.507. The Morgan fingerprint density at radius 1 is 1.23 bits per heavy atom. The van der Waals surface area contributed by atoms with Crippen molar-refractivity contribution in [2.45, 2.75) is 0 Å². The molecule has 0 atom stereocenters. The van der Waals surface area contributed by atoms with Crippen molar-refractivity contribution in [2.24, 2.45) is 0 Å². The maximum Gasteiger partial charge on any atom is 0.269 e. The standard InChI is InChI=1S/C20H19FN4O4S/c21-15-3-6-17-18(13-15)30-20(22-17)24(8-7-23-9-11-29-12-10-23)19(26)14-1-4-16(5-2-14)25(27)28/h1-6,13H,7-12H2. The van der Waals surface area contributed by atoms with E-state index in [-0.39, 0.29) is 17.4 Å². The molecule has 1 aliphatic heterocycles. The van der Waals surface area contributed by atoms with E-state index in [1.807, 2.05) is 0 Å². The van der Waals surface area contributed by atoms with Gasteiger partial charge in [0.05, 0.1) is 28.4 Å². The Morgan fingerprint density at radius 3 is 2.67 bits per heavy atom. The Balaban J connectivity index is 1.62. The number of halogens is 1. The van der Waals surface area contributed by atoms with E-state index in [2.05, 4.69) is 9.88 Å². The lowest BCUT2D eigenvalue weighted by Gasteiger charge is -2.29. The fraction of sp³-hybridized carbons (Fsp3) is 0.300. The van der Waals surface area contributed by atoms with Crippen LogP contribution in [0.1, 0.15) is 10.4 Å². The van der Waals surface area contributed by atoms with Gasteiger partial charge in [-0.3, -0.25) is 24.7 Å². The molecule has 0 unspecified atom stereocenters. The fourth-order valence-corrected chi connectivity index (χ4v) is 4.25. The van der Waals surface area contributed by atoms with Crippen LogP contribution in [0, 0.1) is 15.9 Å². The van der Waals surface area contributed by atoms with Crippen molar-refractivity contribution in [3.8, 4) is 0 Å². The molecule has 0 spiro atoms. The molecule has 0 N–H and O–H groups in total. The van der Waals surface area contributed by atoms with Crippen LogP contribution < -0.4 is 4.90 Å². The fourth-order valence-electron chi connectivity index (χ4n) is 3.23. The van der Waals surface area contributed by atoms with Crippen LogP contribution in [0.3, 0.4) is 0 Å². The maximum atomic E-state index is 13.6. The normalized spacial score (nSPS) is 14.7. The average Bonchev–Trinajstić information content (AvgIpc) is 3.17. The number of fused-ring (bicyclic) bond motifs is 1. The Labute approximate surface area is 175 Å². The lowest BCUT2D eigenvalue weighted by Crippen LogP contribution is -2.43. The predicted octanol–water partition coefficient (Wildman–Crippen LogP) is 3.32. The molecule has 1 saturated heterocycles. The summed E-state index contributed by atoms with van der Waals surface area (Å²) in [5.41, 5.74) is 0.860. The number of nitro groups is 1. The molecular weight excluding hydrogens is 411 g/mol. The number of ether oxygens (including phenoxy) is 1. The van der Waals surface area contributed by atoms with Crippen LogP contribution in [-0.2, 0) is 4.74 Å². The van der Waals surface area contributed by atoms with Crippen molar-refractivity contribution in [1.82, 2.24) is 9.88 Å². The largest absolute Gasteiger partial charge is 0.379 e. The van der Waals surface area contributed by atoms with E-state index in [1.165, 1.54) is 47.7 Å². The molecule has 0 aliphatic carbocycles. The molecule has 30 heavy (non-hydrogen) atoms. The molecule has 1 aromatic heterocycles. The Kier molecular flexibility index (Phi) is 5.98. The van der Waals surface area contributed by atoms with Gasteiger partial charge in [-0.25, -0.2) is 9.37 Å². The maximum absolute atomic E-state index is 13.6. The van der Waals surface area contributed by atoms with Gasteiger partial charge in [-0.15, -0.1) is 0 Å². The number of nitro benzene ring substituents is 1. The van der Waals surface area contributed by atoms with Crippen molar-refractivity contribution in [2.75, 3.05) is 44.3 Å². The van der Waals surface area contributed by atoms with Gasteiger partial charge in [0.2, 0.25) is 0 Å². The highest BCUT2D eigenvalue weighted by Gasteiger charge is 2.23. The van der Waals surface area contributed by atoms with Gasteiger partial charge in [-0.2, -0.15) is 0 Å². The number of nitrogens with zero attached hydrogens (tertiary/aromatic N) is 4. The second-order valence-electron chi connectivity index (χ2n) is 6.82.